The average molecular weight is 568 g/mol. The number of piperidine rings is 1. The van der Waals surface area contributed by atoms with E-state index in [-0.39, 0.29) is 24.0 Å². The molecule has 0 radical (unpaired) electrons. The van der Waals surface area contributed by atoms with Crippen LogP contribution in [0.3, 0.4) is 0 Å². The van der Waals surface area contributed by atoms with Crippen molar-refractivity contribution in [2.75, 3.05) is 39.3 Å². The molecular formula is C25H42IN7. The van der Waals surface area contributed by atoms with Gasteiger partial charge in [0, 0.05) is 32.6 Å². The second-order valence-electron chi connectivity index (χ2n) is 8.66. The SMILES string of the molecule is CCNC(=NCCCCN1CCC(Cc2ccccc2)CC1)NCCn1cnnc1CC.I. The summed E-state index contributed by atoms with van der Waals surface area (Å²) in [5.41, 5.74) is 1.49. The molecule has 1 aliphatic heterocycles. The molecule has 184 valence electrons. The summed E-state index contributed by atoms with van der Waals surface area (Å²) in [4.78, 5) is 7.39. The molecule has 0 aliphatic carbocycles. The Labute approximate surface area is 216 Å². The van der Waals surface area contributed by atoms with Gasteiger partial charge in [0.15, 0.2) is 5.96 Å². The van der Waals surface area contributed by atoms with Crippen molar-refractivity contribution in [2.45, 2.75) is 58.9 Å². The Morgan fingerprint density at radius 2 is 1.85 bits per heavy atom. The Bertz CT molecular complexity index is 785. The predicted octanol–water partition coefficient (Wildman–Crippen LogP) is 3.75. The summed E-state index contributed by atoms with van der Waals surface area (Å²) in [6.45, 7) is 11.3. The topological polar surface area (TPSA) is 70.4 Å². The van der Waals surface area contributed by atoms with Crippen LogP contribution >= 0.6 is 24.0 Å². The Hall–Kier alpha value is -1.68. The highest BCUT2D eigenvalue weighted by Gasteiger charge is 2.18. The quantitative estimate of drug-likeness (QED) is 0.177. The molecule has 0 bridgehead atoms. The van der Waals surface area contributed by atoms with Gasteiger partial charge in [0.2, 0.25) is 0 Å². The third-order valence-electron chi connectivity index (χ3n) is 6.23. The van der Waals surface area contributed by atoms with Gasteiger partial charge in [0.25, 0.3) is 0 Å². The first-order valence-electron chi connectivity index (χ1n) is 12.4. The lowest BCUT2D eigenvalue weighted by molar-refractivity contribution is 0.181. The maximum absolute atomic E-state index is 4.75. The summed E-state index contributed by atoms with van der Waals surface area (Å²) >= 11 is 0. The number of guanidine groups is 1. The van der Waals surface area contributed by atoms with Crippen molar-refractivity contribution in [1.29, 1.82) is 0 Å². The molecule has 3 rings (SSSR count). The highest BCUT2D eigenvalue weighted by atomic mass is 127. The molecule has 0 atom stereocenters. The van der Waals surface area contributed by atoms with E-state index in [1.54, 1.807) is 6.33 Å². The van der Waals surface area contributed by atoms with Crippen molar-refractivity contribution in [2.24, 2.45) is 10.9 Å². The zero-order valence-corrected chi connectivity index (χ0v) is 22.7. The van der Waals surface area contributed by atoms with E-state index in [0.29, 0.717) is 0 Å². The fraction of sp³-hybridized carbons (Fsp3) is 0.640. The molecule has 0 spiro atoms. The summed E-state index contributed by atoms with van der Waals surface area (Å²) in [5.74, 6) is 2.77. The number of aromatic nitrogens is 3. The highest BCUT2D eigenvalue weighted by Crippen LogP contribution is 2.21. The van der Waals surface area contributed by atoms with Gasteiger partial charge >= 0.3 is 0 Å². The van der Waals surface area contributed by atoms with Gasteiger partial charge in [-0.05, 0) is 70.1 Å². The maximum atomic E-state index is 4.75. The lowest BCUT2D eigenvalue weighted by Crippen LogP contribution is -2.39. The van der Waals surface area contributed by atoms with Crippen molar-refractivity contribution in [3.63, 3.8) is 0 Å². The van der Waals surface area contributed by atoms with Gasteiger partial charge in [0.1, 0.15) is 12.2 Å². The van der Waals surface area contributed by atoms with Gasteiger partial charge < -0.3 is 20.1 Å². The van der Waals surface area contributed by atoms with Crippen LogP contribution in [-0.2, 0) is 19.4 Å². The highest BCUT2D eigenvalue weighted by molar-refractivity contribution is 14.0. The van der Waals surface area contributed by atoms with Crippen molar-refractivity contribution in [3.05, 3.63) is 48.0 Å². The molecule has 0 amide bonds. The number of benzene rings is 1. The van der Waals surface area contributed by atoms with Gasteiger partial charge in [-0.3, -0.25) is 4.99 Å². The minimum atomic E-state index is 0. The Morgan fingerprint density at radius 3 is 2.58 bits per heavy atom. The van der Waals surface area contributed by atoms with Gasteiger partial charge in [-0.15, -0.1) is 34.2 Å². The number of likely N-dealkylation sites (tertiary alicyclic amines) is 1. The van der Waals surface area contributed by atoms with E-state index < -0.39 is 0 Å². The lowest BCUT2D eigenvalue weighted by atomic mass is 9.90. The smallest absolute Gasteiger partial charge is 0.191 e. The molecule has 1 aromatic carbocycles. The normalized spacial score (nSPS) is 15.3. The number of hydrogen-bond acceptors (Lipinski definition) is 4. The first-order valence-corrected chi connectivity index (χ1v) is 12.4. The van der Waals surface area contributed by atoms with E-state index in [0.717, 1.165) is 56.7 Å². The number of unbranched alkanes of at least 4 members (excludes halogenated alkanes) is 1. The summed E-state index contributed by atoms with van der Waals surface area (Å²) in [7, 11) is 0. The fourth-order valence-corrected chi connectivity index (χ4v) is 4.38. The molecule has 7 nitrogen and oxygen atoms in total. The molecule has 1 aromatic heterocycles. The third-order valence-corrected chi connectivity index (χ3v) is 6.23. The van der Waals surface area contributed by atoms with E-state index in [9.17, 15) is 0 Å². The summed E-state index contributed by atoms with van der Waals surface area (Å²) in [5, 5.41) is 14.9. The molecule has 1 saturated heterocycles. The van der Waals surface area contributed by atoms with Crippen LogP contribution in [0.25, 0.3) is 0 Å². The van der Waals surface area contributed by atoms with E-state index in [1.807, 2.05) is 0 Å². The van der Waals surface area contributed by atoms with Crippen LogP contribution in [-0.4, -0.2) is 64.9 Å². The molecular weight excluding hydrogens is 525 g/mol. The first kappa shape index (κ1) is 27.6. The van der Waals surface area contributed by atoms with E-state index in [2.05, 4.69) is 74.5 Å². The lowest BCUT2D eigenvalue weighted by Gasteiger charge is -2.32. The molecule has 2 N–H and O–H groups in total. The van der Waals surface area contributed by atoms with Crippen LogP contribution in [0.1, 0.15) is 50.9 Å². The number of hydrogen-bond donors (Lipinski definition) is 2. The van der Waals surface area contributed by atoms with Gasteiger partial charge in [-0.1, -0.05) is 37.3 Å². The first-order chi connectivity index (χ1) is 15.8. The Kier molecular flexibility index (Phi) is 13.4. The van der Waals surface area contributed by atoms with Crippen molar-refractivity contribution < 1.29 is 0 Å². The van der Waals surface area contributed by atoms with Crippen molar-refractivity contribution in [1.82, 2.24) is 30.3 Å². The summed E-state index contributed by atoms with van der Waals surface area (Å²) < 4.78 is 2.10. The number of aliphatic imine (C=N–C) groups is 1. The van der Waals surface area contributed by atoms with Gasteiger partial charge in [0.05, 0.1) is 0 Å². The molecule has 0 unspecified atom stereocenters. The van der Waals surface area contributed by atoms with Crippen LogP contribution < -0.4 is 10.6 Å². The zero-order valence-electron chi connectivity index (χ0n) is 20.4. The molecule has 1 aliphatic rings. The van der Waals surface area contributed by atoms with Crippen LogP contribution in [0.2, 0.25) is 0 Å². The van der Waals surface area contributed by atoms with E-state index in [4.69, 9.17) is 4.99 Å². The number of halogens is 1. The standard InChI is InChI=1S/C25H41N7.HI/c1-3-24-30-29-21-32(24)19-15-28-25(26-4-2)27-14-8-9-16-31-17-12-23(13-18-31)20-22-10-6-5-7-11-22;/h5-7,10-11,21,23H,3-4,8-9,12-20H2,1-2H3,(H2,26,27,28);1H. The molecule has 33 heavy (non-hydrogen) atoms. The largest absolute Gasteiger partial charge is 0.357 e. The molecule has 2 heterocycles. The summed E-state index contributed by atoms with van der Waals surface area (Å²) in [6.07, 6.45) is 8.94. The van der Waals surface area contributed by atoms with Crippen LogP contribution in [0, 0.1) is 5.92 Å². The van der Waals surface area contributed by atoms with Gasteiger partial charge in [-0.2, -0.15) is 0 Å². The van der Waals surface area contributed by atoms with E-state index in [1.165, 1.54) is 50.9 Å². The maximum Gasteiger partial charge on any atom is 0.191 e. The Morgan fingerprint density at radius 1 is 1.06 bits per heavy atom. The monoisotopic (exact) mass is 567 g/mol. The van der Waals surface area contributed by atoms with Crippen LogP contribution in [0.15, 0.2) is 41.7 Å². The van der Waals surface area contributed by atoms with E-state index >= 15 is 0 Å². The number of nitrogens with zero attached hydrogens (tertiary/aromatic N) is 5. The van der Waals surface area contributed by atoms with Crippen molar-refractivity contribution >= 4 is 29.9 Å². The predicted molar refractivity (Wildman–Crippen MR) is 147 cm³/mol. The average Bonchev–Trinajstić information content (AvgIpc) is 3.28. The van der Waals surface area contributed by atoms with Crippen molar-refractivity contribution in [3.8, 4) is 0 Å². The summed E-state index contributed by atoms with van der Waals surface area (Å²) in [6, 6.07) is 10.9. The van der Waals surface area contributed by atoms with Crippen LogP contribution in [0.5, 0.6) is 0 Å². The second kappa shape index (κ2) is 16.0. The third kappa shape index (κ3) is 10.00. The Balaban J connectivity index is 0.00000385. The molecule has 8 heteroatoms. The molecule has 1 fully saturated rings. The second-order valence-corrected chi connectivity index (χ2v) is 8.66. The molecule has 2 aromatic rings. The number of rotatable bonds is 12. The van der Waals surface area contributed by atoms with Crippen LogP contribution in [0.4, 0.5) is 0 Å². The number of aryl methyl sites for hydroxylation is 1. The minimum absolute atomic E-state index is 0. The molecule has 0 saturated carbocycles. The fourth-order valence-electron chi connectivity index (χ4n) is 4.38. The van der Waals surface area contributed by atoms with Gasteiger partial charge in [-0.25, -0.2) is 0 Å². The number of nitrogens with one attached hydrogen (secondary N) is 2. The minimum Gasteiger partial charge on any atom is -0.357 e. The zero-order chi connectivity index (χ0) is 22.4.